The Hall–Kier alpha value is -2.04. The number of sulfonamides is 1. The fourth-order valence-corrected chi connectivity index (χ4v) is 2.55. The highest BCUT2D eigenvalue weighted by Gasteiger charge is 2.34. The van der Waals surface area contributed by atoms with Crippen molar-refractivity contribution in [1.29, 1.82) is 0 Å². The molecular formula is C13H10ClF3N2O4S. The van der Waals surface area contributed by atoms with Crippen molar-refractivity contribution in [1.82, 2.24) is 4.72 Å². The lowest BCUT2D eigenvalue weighted by molar-refractivity contribution is -0.136. The standard InChI is InChI=1S/C13H10ClF3N2O4S/c1-18-24(21,22)11-5-4-10(23-11)12(20)19-9-3-2-7(14)6-8(9)13(15,16)17/h2-6,18H,1H3,(H,19,20). The van der Waals surface area contributed by atoms with Crippen molar-refractivity contribution in [2.75, 3.05) is 12.4 Å². The number of carbonyl (C=O) groups excluding carboxylic acids is 1. The molecule has 2 N–H and O–H groups in total. The summed E-state index contributed by atoms with van der Waals surface area (Å²) >= 11 is 5.54. The minimum Gasteiger partial charge on any atom is -0.438 e. The van der Waals surface area contributed by atoms with E-state index in [1.807, 2.05) is 10.0 Å². The molecule has 2 aromatic rings. The first-order valence-electron chi connectivity index (χ1n) is 6.26. The van der Waals surface area contributed by atoms with Gasteiger partial charge in [-0.25, -0.2) is 13.1 Å². The van der Waals surface area contributed by atoms with Crippen LogP contribution in [0.4, 0.5) is 18.9 Å². The molecule has 0 unspecified atom stereocenters. The van der Waals surface area contributed by atoms with Crippen LogP contribution in [0.5, 0.6) is 0 Å². The minimum absolute atomic E-state index is 0.152. The Morgan fingerprint density at radius 3 is 2.46 bits per heavy atom. The molecule has 1 aromatic heterocycles. The van der Waals surface area contributed by atoms with Crippen LogP contribution < -0.4 is 10.0 Å². The predicted octanol–water partition coefficient (Wildman–Crippen LogP) is 3.11. The highest BCUT2D eigenvalue weighted by Crippen LogP contribution is 2.36. The van der Waals surface area contributed by atoms with Gasteiger partial charge < -0.3 is 9.73 Å². The second-order valence-corrected chi connectivity index (χ2v) is 6.72. The molecule has 0 fully saturated rings. The Bertz CT molecular complexity index is 878. The van der Waals surface area contributed by atoms with Crippen molar-refractivity contribution in [3.05, 3.63) is 46.7 Å². The van der Waals surface area contributed by atoms with Gasteiger partial charge >= 0.3 is 6.18 Å². The van der Waals surface area contributed by atoms with E-state index in [1.165, 1.54) is 6.07 Å². The molecule has 24 heavy (non-hydrogen) atoms. The van der Waals surface area contributed by atoms with Crippen molar-refractivity contribution >= 4 is 33.2 Å². The average molecular weight is 383 g/mol. The van der Waals surface area contributed by atoms with Gasteiger partial charge in [-0.1, -0.05) is 11.6 Å². The number of alkyl halides is 3. The summed E-state index contributed by atoms with van der Waals surface area (Å²) in [7, 11) is -2.78. The Kier molecular flexibility index (Phi) is 4.92. The predicted molar refractivity (Wildman–Crippen MR) is 79.4 cm³/mol. The van der Waals surface area contributed by atoms with Crippen molar-refractivity contribution in [3.8, 4) is 0 Å². The summed E-state index contributed by atoms with van der Waals surface area (Å²) in [6.07, 6.45) is -4.74. The molecule has 0 atom stereocenters. The lowest BCUT2D eigenvalue weighted by Crippen LogP contribution is -2.18. The van der Waals surface area contributed by atoms with Crippen molar-refractivity contribution in [3.63, 3.8) is 0 Å². The topological polar surface area (TPSA) is 88.4 Å². The first kappa shape index (κ1) is 18.3. The number of anilines is 1. The van der Waals surface area contributed by atoms with E-state index in [2.05, 4.69) is 0 Å². The van der Waals surface area contributed by atoms with Crippen molar-refractivity contribution in [2.24, 2.45) is 0 Å². The van der Waals surface area contributed by atoms with Crippen LogP contribution in [0.1, 0.15) is 16.1 Å². The van der Waals surface area contributed by atoms with Gasteiger partial charge in [-0.3, -0.25) is 4.79 Å². The van der Waals surface area contributed by atoms with Gasteiger partial charge in [-0.15, -0.1) is 0 Å². The molecular weight excluding hydrogens is 373 g/mol. The zero-order valence-electron chi connectivity index (χ0n) is 11.9. The van der Waals surface area contributed by atoms with Gasteiger partial charge in [-0.05, 0) is 37.4 Å². The molecule has 0 radical (unpaired) electrons. The number of halogens is 4. The molecule has 0 spiro atoms. The maximum absolute atomic E-state index is 13.0. The molecule has 0 saturated carbocycles. The third kappa shape index (κ3) is 3.89. The van der Waals surface area contributed by atoms with Gasteiger partial charge in [0, 0.05) is 5.02 Å². The van der Waals surface area contributed by atoms with Crippen LogP contribution in [0.2, 0.25) is 5.02 Å². The second kappa shape index (κ2) is 6.46. The number of benzene rings is 1. The van der Waals surface area contributed by atoms with Gasteiger partial charge in [0.05, 0.1) is 11.3 Å². The second-order valence-electron chi connectivity index (χ2n) is 4.47. The Morgan fingerprint density at radius 1 is 1.21 bits per heavy atom. The zero-order valence-corrected chi connectivity index (χ0v) is 13.5. The summed E-state index contributed by atoms with van der Waals surface area (Å²) in [5, 5.41) is 1.33. The fourth-order valence-electron chi connectivity index (χ4n) is 1.73. The lowest BCUT2D eigenvalue weighted by Gasteiger charge is -2.13. The Morgan fingerprint density at radius 2 is 1.88 bits per heavy atom. The summed E-state index contributed by atoms with van der Waals surface area (Å²) in [6.45, 7) is 0. The molecule has 0 saturated heterocycles. The maximum atomic E-state index is 13.0. The Balaban J connectivity index is 2.32. The van der Waals surface area contributed by atoms with Crippen LogP contribution in [0.25, 0.3) is 0 Å². The average Bonchev–Trinajstić information content (AvgIpc) is 2.98. The molecule has 2 rings (SSSR count). The van der Waals surface area contributed by atoms with Crippen LogP contribution in [0.15, 0.2) is 39.8 Å². The smallest absolute Gasteiger partial charge is 0.418 e. The normalized spacial score (nSPS) is 12.2. The first-order valence-corrected chi connectivity index (χ1v) is 8.12. The van der Waals surface area contributed by atoms with E-state index in [9.17, 15) is 26.4 Å². The summed E-state index contributed by atoms with van der Waals surface area (Å²) in [6, 6.07) is 4.86. The van der Waals surface area contributed by atoms with Crippen molar-refractivity contribution < 1.29 is 30.8 Å². The molecule has 1 amide bonds. The summed E-state index contributed by atoms with van der Waals surface area (Å²) < 4.78 is 68.8. The van der Waals surface area contributed by atoms with E-state index in [0.29, 0.717) is 6.07 Å². The van der Waals surface area contributed by atoms with E-state index < -0.39 is 44.2 Å². The van der Waals surface area contributed by atoms with Crippen LogP contribution in [-0.4, -0.2) is 21.4 Å². The minimum atomic E-state index is -4.74. The molecule has 130 valence electrons. The summed E-state index contributed by atoms with van der Waals surface area (Å²) in [4.78, 5) is 12.0. The van der Waals surface area contributed by atoms with Gasteiger partial charge in [-0.2, -0.15) is 13.2 Å². The molecule has 0 aliphatic carbocycles. The zero-order chi connectivity index (χ0) is 18.1. The van der Waals surface area contributed by atoms with Crippen LogP contribution in [0, 0.1) is 0 Å². The molecule has 0 aliphatic rings. The van der Waals surface area contributed by atoms with E-state index >= 15 is 0 Å². The number of rotatable bonds is 4. The monoisotopic (exact) mass is 382 g/mol. The maximum Gasteiger partial charge on any atom is 0.418 e. The quantitative estimate of drug-likeness (QED) is 0.850. The number of amides is 1. The van der Waals surface area contributed by atoms with Crippen molar-refractivity contribution in [2.45, 2.75) is 11.3 Å². The summed E-state index contributed by atoms with van der Waals surface area (Å²) in [5.41, 5.74) is -1.68. The first-order chi connectivity index (χ1) is 11.0. The molecule has 0 aliphatic heterocycles. The number of hydrogen-bond acceptors (Lipinski definition) is 4. The largest absolute Gasteiger partial charge is 0.438 e. The third-order valence-corrected chi connectivity index (χ3v) is 4.40. The van der Waals surface area contributed by atoms with E-state index in [4.69, 9.17) is 16.0 Å². The highest BCUT2D eigenvalue weighted by molar-refractivity contribution is 7.89. The highest BCUT2D eigenvalue weighted by atomic mass is 35.5. The van der Waals surface area contributed by atoms with Crippen LogP contribution in [-0.2, 0) is 16.2 Å². The van der Waals surface area contributed by atoms with E-state index in [1.54, 1.807) is 0 Å². The number of furan rings is 1. The van der Waals surface area contributed by atoms with Gasteiger partial charge in [0.25, 0.3) is 15.9 Å². The molecule has 1 heterocycles. The van der Waals surface area contributed by atoms with Gasteiger partial charge in [0.2, 0.25) is 5.09 Å². The Labute approximate surface area is 139 Å². The van der Waals surface area contributed by atoms with Crippen LogP contribution in [0.3, 0.4) is 0 Å². The summed E-state index contributed by atoms with van der Waals surface area (Å²) in [5.74, 6) is -1.51. The SMILES string of the molecule is CNS(=O)(=O)c1ccc(C(=O)Nc2ccc(Cl)cc2C(F)(F)F)o1. The number of nitrogens with one attached hydrogen (secondary N) is 2. The van der Waals surface area contributed by atoms with Gasteiger partial charge in [0.1, 0.15) is 0 Å². The molecule has 1 aromatic carbocycles. The van der Waals surface area contributed by atoms with E-state index in [-0.39, 0.29) is 5.02 Å². The third-order valence-electron chi connectivity index (χ3n) is 2.87. The fraction of sp³-hybridized carbons (Fsp3) is 0.154. The molecule has 0 bridgehead atoms. The number of hydrogen-bond donors (Lipinski definition) is 2. The lowest BCUT2D eigenvalue weighted by atomic mass is 10.1. The van der Waals surface area contributed by atoms with E-state index in [0.717, 1.165) is 25.2 Å². The van der Waals surface area contributed by atoms with Gasteiger partial charge in [0.15, 0.2) is 5.76 Å². The number of carbonyl (C=O) groups is 1. The molecule has 11 heteroatoms. The molecule has 6 nitrogen and oxygen atoms in total. The van der Waals surface area contributed by atoms with Crippen LogP contribution >= 0.6 is 11.6 Å².